The van der Waals surface area contributed by atoms with Crippen LogP contribution in [0.3, 0.4) is 0 Å². The molecule has 0 saturated heterocycles. The highest BCUT2D eigenvalue weighted by atomic mass is 32.2. The van der Waals surface area contributed by atoms with Crippen LogP contribution in [0.1, 0.15) is 27.7 Å². The summed E-state index contributed by atoms with van der Waals surface area (Å²) < 4.78 is 49.7. The summed E-state index contributed by atoms with van der Waals surface area (Å²) in [6.07, 6.45) is 0. The van der Waals surface area contributed by atoms with E-state index in [9.17, 15) is 13.2 Å². The number of hydrazone groups is 1. The molecule has 0 aliphatic carbocycles. The average Bonchev–Trinajstić information content (AvgIpc) is 2.83. The molecule has 1 amide bonds. The number of nitrogens with one attached hydrogen (secondary N) is 1. The van der Waals surface area contributed by atoms with Gasteiger partial charge in [0.2, 0.25) is 0 Å². The zero-order valence-corrected chi connectivity index (χ0v) is 22.1. The topological polar surface area (TPSA) is 116 Å². The van der Waals surface area contributed by atoms with Crippen molar-refractivity contribution in [2.45, 2.75) is 32.6 Å². The highest BCUT2D eigenvalue weighted by Crippen LogP contribution is 2.37. The Kier molecular flexibility index (Phi) is 8.97. The van der Waals surface area contributed by atoms with E-state index in [2.05, 4.69) is 10.5 Å². The third-order valence-electron chi connectivity index (χ3n) is 5.32. The molecule has 0 bridgehead atoms. The van der Waals surface area contributed by atoms with Crippen molar-refractivity contribution in [1.29, 1.82) is 0 Å². The number of benzene rings is 2. The lowest BCUT2D eigenvalue weighted by molar-refractivity contribution is -0.119. The van der Waals surface area contributed by atoms with Gasteiger partial charge in [0.1, 0.15) is 18.0 Å². The monoisotopic (exact) mass is 507 g/mol. The predicted octanol–water partition coefficient (Wildman–Crippen LogP) is 3.45. The predicted molar refractivity (Wildman–Crippen MR) is 134 cm³/mol. The van der Waals surface area contributed by atoms with Crippen LogP contribution in [-0.4, -0.2) is 55.0 Å². The molecule has 2 aromatic rings. The largest absolute Gasteiger partial charge is 0.497 e. The van der Waals surface area contributed by atoms with Crippen molar-refractivity contribution < 1.29 is 32.2 Å². The SMILES string of the molecule is COc1ccc(OC)c(N(CC(=O)N/N=C(/C)C(C)(C)C)S(=O)(=O)c2ccc(OC)c(OC)c2)c1. The van der Waals surface area contributed by atoms with Crippen molar-refractivity contribution in [3.63, 3.8) is 0 Å². The third kappa shape index (κ3) is 6.56. The number of methoxy groups -OCH3 is 4. The zero-order valence-electron chi connectivity index (χ0n) is 21.3. The summed E-state index contributed by atoms with van der Waals surface area (Å²) in [5.41, 5.74) is 2.98. The summed E-state index contributed by atoms with van der Waals surface area (Å²) in [5, 5.41) is 4.13. The first-order valence-corrected chi connectivity index (χ1v) is 12.1. The van der Waals surface area contributed by atoms with Gasteiger partial charge in [0.15, 0.2) is 11.5 Å². The molecule has 0 saturated carbocycles. The van der Waals surface area contributed by atoms with Crippen molar-refractivity contribution in [3.8, 4) is 23.0 Å². The minimum absolute atomic E-state index is 0.109. The van der Waals surface area contributed by atoms with Crippen LogP contribution < -0.4 is 28.7 Å². The minimum atomic E-state index is -4.28. The summed E-state index contributed by atoms with van der Waals surface area (Å²) in [6.45, 7) is 7.07. The molecule has 0 heterocycles. The normalized spacial score (nSPS) is 12.1. The number of rotatable bonds is 10. The second kappa shape index (κ2) is 11.3. The average molecular weight is 508 g/mol. The van der Waals surface area contributed by atoms with Crippen LogP contribution in [0.25, 0.3) is 0 Å². The molecule has 11 heteroatoms. The molecule has 1 N–H and O–H groups in total. The summed E-state index contributed by atoms with van der Waals surface area (Å²) >= 11 is 0. The molecule has 0 atom stereocenters. The van der Waals surface area contributed by atoms with Crippen molar-refractivity contribution in [2.75, 3.05) is 39.3 Å². The molecule has 0 radical (unpaired) electrons. The molecule has 0 aromatic heterocycles. The lowest BCUT2D eigenvalue weighted by atomic mass is 9.91. The van der Waals surface area contributed by atoms with Gasteiger partial charge in [0, 0.05) is 23.3 Å². The maximum absolute atomic E-state index is 13.8. The molecular formula is C24H33N3O7S. The van der Waals surface area contributed by atoms with Gasteiger partial charge in [0.25, 0.3) is 15.9 Å². The number of ether oxygens (including phenoxy) is 4. The molecular weight excluding hydrogens is 474 g/mol. The molecule has 0 aliphatic rings. The zero-order chi connectivity index (χ0) is 26.4. The quantitative estimate of drug-likeness (QED) is 0.387. The van der Waals surface area contributed by atoms with Gasteiger partial charge in [-0.15, -0.1) is 0 Å². The van der Waals surface area contributed by atoms with Crippen LogP contribution in [0.5, 0.6) is 23.0 Å². The number of anilines is 1. The first kappa shape index (κ1) is 27.8. The lowest BCUT2D eigenvalue weighted by Gasteiger charge is -2.26. The number of hydrogen-bond donors (Lipinski definition) is 1. The molecule has 10 nitrogen and oxygen atoms in total. The number of amides is 1. The summed E-state index contributed by atoms with van der Waals surface area (Å²) in [4.78, 5) is 12.8. The fraction of sp³-hybridized carbons (Fsp3) is 0.417. The van der Waals surface area contributed by atoms with Gasteiger partial charge in [-0.05, 0) is 31.2 Å². The number of hydrogen-bond acceptors (Lipinski definition) is 8. The Morgan fingerprint density at radius 2 is 1.51 bits per heavy atom. The molecule has 0 unspecified atom stereocenters. The molecule has 2 rings (SSSR count). The smallest absolute Gasteiger partial charge is 0.265 e. The molecule has 0 spiro atoms. The van der Waals surface area contributed by atoms with E-state index >= 15 is 0 Å². The Labute approximate surface area is 206 Å². The molecule has 0 aliphatic heterocycles. The Bertz CT molecular complexity index is 1190. The van der Waals surface area contributed by atoms with Crippen molar-refractivity contribution >= 4 is 27.3 Å². The number of sulfonamides is 1. The van der Waals surface area contributed by atoms with Crippen LogP contribution in [0.15, 0.2) is 46.4 Å². The van der Waals surface area contributed by atoms with Gasteiger partial charge in [-0.3, -0.25) is 9.10 Å². The van der Waals surface area contributed by atoms with Crippen LogP contribution in [0, 0.1) is 5.41 Å². The molecule has 35 heavy (non-hydrogen) atoms. The van der Waals surface area contributed by atoms with Crippen molar-refractivity contribution in [1.82, 2.24) is 5.43 Å². The van der Waals surface area contributed by atoms with Crippen LogP contribution in [-0.2, 0) is 14.8 Å². The standard InChI is InChI=1S/C24H33N3O7S/c1-16(24(2,3)4)25-26-23(28)15-27(19-13-17(31-5)9-11-20(19)32-6)35(29,30)18-10-12-21(33-7)22(14-18)34-8/h9-14H,15H2,1-8H3,(H,26,28)/b25-16-. The fourth-order valence-electron chi connectivity index (χ4n) is 2.88. The molecule has 2 aromatic carbocycles. The molecule has 0 fully saturated rings. The number of carbonyl (C=O) groups excluding carboxylic acids is 1. The highest BCUT2D eigenvalue weighted by Gasteiger charge is 2.31. The van der Waals surface area contributed by atoms with E-state index in [-0.39, 0.29) is 27.5 Å². The van der Waals surface area contributed by atoms with Gasteiger partial charge >= 0.3 is 0 Å². The first-order valence-electron chi connectivity index (χ1n) is 10.7. The van der Waals surface area contributed by atoms with E-state index in [1.807, 2.05) is 20.8 Å². The third-order valence-corrected chi connectivity index (χ3v) is 7.07. The van der Waals surface area contributed by atoms with Crippen molar-refractivity contribution in [2.24, 2.45) is 10.5 Å². The summed E-state index contributed by atoms with van der Waals surface area (Å²) in [5.74, 6) is 0.567. The van der Waals surface area contributed by atoms with E-state index in [4.69, 9.17) is 18.9 Å². The van der Waals surface area contributed by atoms with Gasteiger partial charge in [-0.2, -0.15) is 5.10 Å². The summed E-state index contributed by atoms with van der Waals surface area (Å²) in [6, 6.07) is 8.84. The highest BCUT2D eigenvalue weighted by molar-refractivity contribution is 7.92. The van der Waals surface area contributed by atoms with E-state index < -0.39 is 22.5 Å². The lowest BCUT2D eigenvalue weighted by Crippen LogP contribution is -2.40. The van der Waals surface area contributed by atoms with Gasteiger partial charge in [0.05, 0.1) is 39.0 Å². The second-order valence-electron chi connectivity index (χ2n) is 8.55. The number of carbonyl (C=O) groups is 1. The first-order chi connectivity index (χ1) is 16.4. The van der Waals surface area contributed by atoms with Crippen LogP contribution in [0.2, 0.25) is 0 Å². The van der Waals surface area contributed by atoms with Crippen molar-refractivity contribution in [3.05, 3.63) is 36.4 Å². The Hall–Kier alpha value is -3.47. The minimum Gasteiger partial charge on any atom is -0.497 e. The molecule has 192 valence electrons. The van der Waals surface area contributed by atoms with Gasteiger partial charge < -0.3 is 18.9 Å². The Morgan fingerprint density at radius 1 is 0.914 bits per heavy atom. The van der Waals surface area contributed by atoms with E-state index in [0.29, 0.717) is 17.2 Å². The Morgan fingerprint density at radius 3 is 2.06 bits per heavy atom. The van der Waals surface area contributed by atoms with Gasteiger partial charge in [-0.25, -0.2) is 13.8 Å². The van der Waals surface area contributed by atoms with Crippen LogP contribution in [0.4, 0.5) is 5.69 Å². The Balaban J connectivity index is 2.61. The van der Waals surface area contributed by atoms with E-state index in [1.54, 1.807) is 19.1 Å². The van der Waals surface area contributed by atoms with Gasteiger partial charge in [-0.1, -0.05) is 20.8 Å². The maximum atomic E-state index is 13.8. The van der Waals surface area contributed by atoms with E-state index in [0.717, 1.165) is 4.31 Å². The second-order valence-corrected chi connectivity index (χ2v) is 10.4. The van der Waals surface area contributed by atoms with Crippen LogP contribution >= 0.6 is 0 Å². The maximum Gasteiger partial charge on any atom is 0.265 e. The van der Waals surface area contributed by atoms with E-state index in [1.165, 1.54) is 52.7 Å². The summed E-state index contributed by atoms with van der Waals surface area (Å²) in [7, 11) is 1.43. The fourth-order valence-corrected chi connectivity index (χ4v) is 4.31. The number of nitrogens with zero attached hydrogens (tertiary/aromatic N) is 2.